The SMILES string of the molecule is CCn1ccnc(N(CC(=O)OC)C(C)C)c1=O. The average Bonchev–Trinajstić information content (AvgIpc) is 2.36. The summed E-state index contributed by atoms with van der Waals surface area (Å²) in [5.41, 5.74) is -0.197. The van der Waals surface area contributed by atoms with Crippen molar-refractivity contribution in [1.82, 2.24) is 9.55 Å². The van der Waals surface area contributed by atoms with Gasteiger partial charge in [-0.25, -0.2) is 4.98 Å². The fraction of sp³-hybridized carbons (Fsp3) is 0.583. The molecule has 1 heterocycles. The summed E-state index contributed by atoms with van der Waals surface area (Å²) < 4.78 is 6.18. The quantitative estimate of drug-likeness (QED) is 0.721. The summed E-state index contributed by atoms with van der Waals surface area (Å²) in [5.74, 6) is -0.114. The maximum atomic E-state index is 12.1. The van der Waals surface area contributed by atoms with Crippen molar-refractivity contribution in [3.8, 4) is 0 Å². The summed E-state index contributed by atoms with van der Waals surface area (Å²) >= 11 is 0. The number of carbonyl (C=O) groups excluding carboxylic acids is 1. The lowest BCUT2D eigenvalue weighted by molar-refractivity contribution is -0.139. The number of methoxy groups -OCH3 is 1. The molecule has 0 fully saturated rings. The molecule has 0 bridgehead atoms. The van der Waals surface area contributed by atoms with Gasteiger partial charge in [0.25, 0.3) is 5.56 Å². The molecule has 0 aliphatic carbocycles. The molecule has 0 aliphatic heterocycles. The van der Waals surface area contributed by atoms with Gasteiger partial charge >= 0.3 is 5.97 Å². The molecule has 0 aliphatic rings. The van der Waals surface area contributed by atoms with Gasteiger partial charge in [-0.2, -0.15) is 0 Å². The number of ether oxygens (including phenoxy) is 1. The van der Waals surface area contributed by atoms with Gasteiger partial charge in [0.05, 0.1) is 7.11 Å². The average molecular weight is 253 g/mol. The van der Waals surface area contributed by atoms with Crippen LogP contribution in [0, 0.1) is 0 Å². The number of aryl methyl sites for hydroxylation is 1. The first-order chi connectivity index (χ1) is 8.51. The van der Waals surface area contributed by atoms with Crippen LogP contribution in [-0.2, 0) is 16.1 Å². The summed E-state index contributed by atoms with van der Waals surface area (Å²) in [4.78, 5) is 29.2. The van der Waals surface area contributed by atoms with Crippen LogP contribution in [-0.4, -0.2) is 35.2 Å². The third kappa shape index (κ3) is 3.09. The highest BCUT2D eigenvalue weighted by Crippen LogP contribution is 2.08. The lowest BCUT2D eigenvalue weighted by Gasteiger charge is -2.26. The van der Waals surface area contributed by atoms with Gasteiger partial charge < -0.3 is 14.2 Å². The van der Waals surface area contributed by atoms with Crippen molar-refractivity contribution in [2.45, 2.75) is 33.4 Å². The van der Waals surface area contributed by atoms with Gasteiger partial charge in [0.1, 0.15) is 6.54 Å². The minimum atomic E-state index is -0.392. The molecule has 18 heavy (non-hydrogen) atoms. The minimum absolute atomic E-state index is 0.0167. The van der Waals surface area contributed by atoms with Crippen LogP contribution in [0.15, 0.2) is 17.2 Å². The molecule has 100 valence electrons. The molecule has 1 rings (SSSR count). The second-order valence-electron chi connectivity index (χ2n) is 4.14. The van der Waals surface area contributed by atoms with Gasteiger partial charge in [-0.05, 0) is 20.8 Å². The molecule has 0 atom stereocenters. The summed E-state index contributed by atoms with van der Waals surface area (Å²) in [6, 6.07) is -0.0167. The maximum Gasteiger partial charge on any atom is 0.325 e. The van der Waals surface area contributed by atoms with E-state index in [-0.39, 0.29) is 24.0 Å². The highest BCUT2D eigenvalue weighted by Gasteiger charge is 2.19. The lowest BCUT2D eigenvalue weighted by atomic mass is 10.3. The predicted octanol–water partition coefficient (Wildman–Crippen LogP) is 0.651. The molecule has 1 aromatic heterocycles. The maximum absolute atomic E-state index is 12.1. The molecule has 0 radical (unpaired) electrons. The molecule has 1 aromatic rings. The second kappa shape index (κ2) is 6.18. The van der Waals surface area contributed by atoms with E-state index >= 15 is 0 Å². The standard InChI is InChI=1S/C12H19N3O3/c1-5-14-7-6-13-11(12(14)17)15(9(2)3)8-10(16)18-4/h6-7,9H,5,8H2,1-4H3. The zero-order chi connectivity index (χ0) is 13.7. The van der Waals surface area contributed by atoms with Crippen molar-refractivity contribution in [2.75, 3.05) is 18.6 Å². The van der Waals surface area contributed by atoms with Crippen LogP contribution >= 0.6 is 0 Å². The third-order valence-corrected chi connectivity index (χ3v) is 2.66. The van der Waals surface area contributed by atoms with E-state index in [2.05, 4.69) is 9.72 Å². The van der Waals surface area contributed by atoms with Crippen molar-refractivity contribution in [3.05, 3.63) is 22.7 Å². The fourth-order valence-electron chi connectivity index (χ4n) is 1.59. The van der Waals surface area contributed by atoms with Crippen molar-refractivity contribution < 1.29 is 9.53 Å². The Labute approximate surface area is 106 Å². The first-order valence-electron chi connectivity index (χ1n) is 5.90. The predicted molar refractivity (Wildman–Crippen MR) is 68.7 cm³/mol. The Morgan fingerprint density at radius 2 is 2.22 bits per heavy atom. The van der Waals surface area contributed by atoms with Crippen molar-refractivity contribution in [1.29, 1.82) is 0 Å². The van der Waals surface area contributed by atoms with Crippen molar-refractivity contribution >= 4 is 11.8 Å². The monoisotopic (exact) mass is 253 g/mol. The highest BCUT2D eigenvalue weighted by atomic mass is 16.5. The van der Waals surface area contributed by atoms with E-state index in [9.17, 15) is 9.59 Å². The highest BCUT2D eigenvalue weighted by molar-refractivity contribution is 5.75. The third-order valence-electron chi connectivity index (χ3n) is 2.66. The van der Waals surface area contributed by atoms with Gasteiger partial charge in [-0.1, -0.05) is 0 Å². The topological polar surface area (TPSA) is 64.4 Å². The van der Waals surface area contributed by atoms with Crippen molar-refractivity contribution in [3.63, 3.8) is 0 Å². The number of hydrogen-bond donors (Lipinski definition) is 0. The Kier molecular flexibility index (Phi) is 4.88. The van der Waals surface area contributed by atoms with Crippen LogP contribution in [0.25, 0.3) is 0 Å². The summed E-state index contributed by atoms with van der Waals surface area (Å²) in [6.07, 6.45) is 3.19. The van der Waals surface area contributed by atoms with E-state index in [1.54, 1.807) is 21.9 Å². The molecule has 6 heteroatoms. The Balaban J connectivity index is 3.14. The molecule has 0 unspecified atom stereocenters. The first kappa shape index (κ1) is 14.2. The van der Waals surface area contributed by atoms with Crippen LogP contribution in [0.5, 0.6) is 0 Å². The van der Waals surface area contributed by atoms with Crippen LogP contribution in [0.3, 0.4) is 0 Å². The molecular formula is C12H19N3O3. The van der Waals surface area contributed by atoms with Gasteiger partial charge in [0, 0.05) is 25.0 Å². The number of carbonyl (C=O) groups is 1. The Morgan fingerprint density at radius 1 is 1.56 bits per heavy atom. The normalized spacial score (nSPS) is 10.5. The molecular weight excluding hydrogens is 234 g/mol. The van der Waals surface area contributed by atoms with Gasteiger partial charge in [0.15, 0.2) is 5.82 Å². The first-order valence-corrected chi connectivity index (χ1v) is 5.90. The van der Waals surface area contributed by atoms with Crippen molar-refractivity contribution in [2.24, 2.45) is 0 Å². The Morgan fingerprint density at radius 3 is 2.72 bits per heavy atom. The van der Waals surface area contributed by atoms with E-state index in [0.717, 1.165) is 0 Å². The fourth-order valence-corrected chi connectivity index (χ4v) is 1.59. The van der Waals surface area contributed by atoms with E-state index in [1.165, 1.54) is 7.11 Å². The number of rotatable bonds is 5. The van der Waals surface area contributed by atoms with Crippen LogP contribution in [0.4, 0.5) is 5.82 Å². The van der Waals surface area contributed by atoms with Crippen LogP contribution in [0.1, 0.15) is 20.8 Å². The van der Waals surface area contributed by atoms with E-state index in [0.29, 0.717) is 6.54 Å². The molecule has 0 aromatic carbocycles. The number of nitrogens with zero attached hydrogens (tertiary/aromatic N) is 3. The number of esters is 1. The molecule has 0 saturated carbocycles. The van der Waals surface area contributed by atoms with Gasteiger partial charge in [-0.15, -0.1) is 0 Å². The Hall–Kier alpha value is -1.85. The molecule has 0 amide bonds. The molecule has 0 saturated heterocycles. The summed E-state index contributed by atoms with van der Waals surface area (Å²) in [6.45, 7) is 6.26. The lowest BCUT2D eigenvalue weighted by Crippen LogP contribution is -2.41. The largest absolute Gasteiger partial charge is 0.468 e. The number of aromatic nitrogens is 2. The smallest absolute Gasteiger partial charge is 0.325 e. The summed E-state index contributed by atoms with van der Waals surface area (Å²) in [5, 5.41) is 0. The molecule has 6 nitrogen and oxygen atoms in total. The van der Waals surface area contributed by atoms with Gasteiger partial charge in [-0.3, -0.25) is 9.59 Å². The van der Waals surface area contributed by atoms with E-state index in [4.69, 9.17) is 0 Å². The van der Waals surface area contributed by atoms with E-state index < -0.39 is 5.97 Å². The summed E-state index contributed by atoms with van der Waals surface area (Å²) in [7, 11) is 1.32. The zero-order valence-electron chi connectivity index (χ0n) is 11.2. The van der Waals surface area contributed by atoms with Crippen LogP contribution in [0.2, 0.25) is 0 Å². The molecule has 0 spiro atoms. The van der Waals surface area contributed by atoms with E-state index in [1.807, 2.05) is 20.8 Å². The number of anilines is 1. The second-order valence-corrected chi connectivity index (χ2v) is 4.14. The van der Waals surface area contributed by atoms with Gasteiger partial charge in [0.2, 0.25) is 0 Å². The number of hydrogen-bond acceptors (Lipinski definition) is 5. The van der Waals surface area contributed by atoms with Crippen LogP contribution < -0.4 is 10.5 Å². The molecule has 0 N–H and O–H groups in total. The Bertz CT molecular complexity index is 468. The minimum Gasteiger partial charge on any atom is -0.468 e. The zero-order valence-corrected chi connectivity index (χ0v) is 11.2.